The number of aryl methyl sites for hydroxylation is 1. The number of carbonyl (C=O) groups is 1. The number of carbonyl (C=O) groups excluding carboxylic acids is 1. The second-order valence-corrected chi connectivity index (χ2v) is 6.33. The number of nitrogens with one attached hydrogen (secondary N) is 1. The van der Waals surface area contributed by atoms with Gasteiger partial charge in [-0.15, -0.1) is 10.2 Å². The number of aromatic nitrogens is 2. The van der Waals surface area contributed by atoms with E-state index < -0.39 is 5.60 Å². The molecule has 0 atom stereocenters. The first-order valence-corrected chi connectivity index (χ1v) is 7.81. The van der Waals surface area contributed by atoms with E-state index >= 15 is 0 Å². The van der Waals surface area contributed by atoms with Crippen molar-refractivity contribution in [1.82, 2.24) is 10.2 Å². The third kappa shape index (κ3) is 4.24. The number of hydrogen-bond donors (Lipinski definition) is 1. The number of benzene rings is 1. The van der Waals surface area contributed by atoms with Crippen molar-refractivity contribution in [3.05, 3.63) is 35.1 Å². The maximum atomic E-state index is 12.9. The molecule has 0 aliphatic rings. The largest absolute Gasteiger partial charge is 0.478 e. The van der Waals surface area contributed by atoms with Crippen LogP contribution in [0.5, 0.6) is 5.75 Å². The van der Waals surface area contributed by atoms with Gasteiger partial charge in [-0.25, -0.2) is 4.39 Å². The van der Waals surface area contributed by atoms with E-state index in [-0.39, 0.29) is 11.7 Å². The number of nitrogens with zero attached hydrogens (tertiary/aromatic N) is 2. The third-order valence-corrected chi connectivity index (χ3v) is 3.78. The van der Waals surface area contributed by atoms with Gasteiger partial charge in [0.1, 0.15) is 16.6 Å². The molecule has 2 rings (SSSR count). The van der Waals surface area contributed by atoms with Gasteiger partial charge in [-0.3, -0.25) is 10.1 Å². The molecular weight excluding hydrogens is 305 g/mol. The number of anilines is 1. The van der Waals surface area contributed by atoms with Crippen molar-refractivity contribution in [3.63, 3.8) is 0 Å². The predicted octanol–water partition coefficient (Wildman–Crippen LogP) is 3.43. The van der Waals surface area contributed by atoms with E-state index in [0.717, 1.165) is 17.8 Å². The fraction of sp³-hybridized carbons (Fsp3) is 0.400. The lowest BCUT2D eigenvalue weighted by atomic mass is 10.1. The summed E-state index contributed by atoms with van der Waals surface area (Å²) in [5.41, 5.74) is -1.12. The van der Waals surface area contributed by atoms with Gasteiger partial charge in [0.05, 0.1) is 0 Å². The standard InChI is InChI=1S/C15H18FN3O2S/c1-4-5-12-18-19-14(22-12)17-13(20)15(2,3)21-11-8-6-10(16)7-9-11/h6-9H,4-5H2,1-3H3,(H,17,19,20). The van der Waals surface area contributed by atoms with Crippen LogP contribution >= 0.6 is 11.3 Å². The molecule has 1 N–H and O–H groups in total. The molecule has 1 amide bonds. The lowest BCUT2D eigenvalue weighted by Crippen LogP contribution is -2.42. The van der Waals surface area contributed by atoms with Crippen molar-refractivity contribution in [2.45, 2.75) is 39.2 Å². The molecule has 0 saturated carbocycles. The maximum Gasteiger partial charge on any atom is 0.269 e. The Balaban J connectivity index is 2.01. The van der Waals surface area contributed by atoms with E-state index in [2.05, 4.69) is 22.4 Å². The van der Waals surface area contributed by atoms with Crippen LogP contribution in [0.4, 0.5) is 9.52 Å². The molecule has 0 saturated heterocycles. The van der Waals surface area contributed by atoms with Gasteiger partial charge in [0, 0.05) is 6.42 Å². The van der Waals surface area contributed by atoms with Crippen LogP contribution in [0.15, 0.2) is 24.3 Å². The van der Waals surface area contributed by atoms with E-state index in [1.807, 2.05) is 0 Å². The lowest BCUT2D eigenvalue weighted by Gasteiger charge is -2.24. The molecule has 5 nitrogen and oxygen atoms in total. The first-order chi connectivity index (χ1) is 10.4. The van der Waals surface area contributed by atoms with E-state index in [1.54, 1.807) is 13.8 Å². The van der Waals surface area contributed by atoms with Crippen molar-refractivity contribution in [2.75, 3.05) is 5.32 Å². The second kappa shape index (κ2) is 6.83. The molecule has 1 aromatic heterocycles. The summed E-state index contributed by atoms with van der Waals surface area (Å²) in [6, 6.07) is 5.53. The summed E-state index contributed by atoms with van der Waals surface area (Å²) in [4.78, 5) is 12.3. The first kappa shape index (κ1) is 16.4. The van der Waals surface area contributed by atoms with Crippen LogP contribution in [-0.4, -0.2) is 21.7 Å². The summed E-state index contributed by atoms with van der Waals surface area (Å²) >= 11 is 1.35. The quantitative estimate of drug-likeness (QED) is 0.884. The van der Waals surface area contributed by atoms with E-state index in [1.165, 1.54) is 35.6 Å². The molecule has 1 aromatic carbocycles. The van der Waals surface area contributed by atoms with Gasteiger partial charge in [-0.1, -0.05) is 18.3 Å². The minimum Gasteiger partial charge on any atom is -0.478 e. The van der Waals surface area contributed by atoms with E-state index in [4.69, 9.17) is 4.74 Å². The van der Waals surface area contributed by atoms with Crippen LogP contribution < -0.4 is 10.1 Å². The highest BCUT2D eigenvalue weighted by atomic mass is 32.1. The van der Waals surface area contributed by atoms with Crippen LogP contribution in [0, 0.1) is 5.82 Å². The fourth-order valence-corrected chi connectivity index (χ4v) is 2.55. The number of hydrogen-bond acceptors (Lipinski definition) is 5. The summed E-state index contributed by atoms with van der Waals surface area (Å²) in [7, 11) is 0. The smallest absolute Gasteiger partial charge is 0.269 e. The Morgan fingerprint density at radius 3 is 2.64 bits per heavy atom. The highest BCUT2D eigenvalue weighted by molar-refractivity contribution is 7.15. The molecule has 0 fully saturated rings. The highest BCUT2D eigenvalue weighted by Gasteiger charge is 2.30. The van der Waals surface area contributed by atoms with Gasteiger partial charge < -0.3 is 4.74 Å². The molecule has 0 aliphatic heterocycles. The zero-order chi connectivity index (χ0) is 16.2. The van der Waals surface area contributed by atoms with Crippen molar-refractivity contribution in [2.24, 2.45) is 0 Å². The third-order valence-electron chi connectivity index (χ3n) is 2.88. The Kier molecular flexibility index (Phi) is 5.07. The molecule has 0 bridgehead atoms. The van der Waals surface area contributed by atoms with Gasteiger partial charge in [-0.2, -0.15) is 0 Å². The Morgan fingerprint density at radius 1 is 1.32 bits per heavy atom. The molecule has 1 heterocycles. The number of rotatable bonds is 6. The Bertz CT molecular complexity index is 640. The van der Waals surface area contributed by atoms with E-state index in [9.17, 15) is 9.18 Å². The highest BCUT2D eigenvalue weighted by Crippen LogP contribution is 2.22. The van der Waals surface area contributed by atoms with Gasteiger partial charge >= 0.3 is 0 Å². The van der Waals surface area contributed by atoms with Crippen LogP contribution in [0.2, 0.25) is 0 Å². The number of amides is 1. The van der Waals surface area contributed by atoms with Crippen molar-refractivity contribution < 1.29 is 13.9 Å². The number of ether oxygens (including phenoxy) is 1. The van der Waals surface area contributed by atoms with Crippen molar-refractivity contribution in [3.8, 4) is 5.75 Å². The van der Waals surface area contributed by atoms with Gasteiger partial charge in [0.15, 0.2) is 5.60 Å². The zero-order valence-electron chi connectivity index (χ0n) is 12.7. The molecule has 0 spiro atoms. The van der Waals surface area contributed by atoms with Gasteiger partial charge in [-0.05, 0) is 44.5 Å². The normalized spacial score (nSPS) is 11.3. The molecule has 0 aliphatic carbocycles. The monoisotopic (exact) mass is 323 g/mol. The minimum absolute atomic E-state index is 0.337. The maximum absolute atomic E-state index is 12.9. The average Bonchev–Trinajstić information content (AvgIpc) is 2.89. The van der Waals surface area contributed by atoms with Gasteiger partial charge in [0.2, 0.25) is 5.13 Å². The summed E-state index contributed by atoms with van der Waals surface area (Å²) < 4.78 is 18.5. The summed E-state index contributed by atoms with van der Waals surface area (Å²) in [6.07, 6.45) is 1.81. The lowest BCUT2D eigenvalue weighted by molar-refractivity contribution is -0.128. The minimum atomic E-state index is -1.12. The van der Waals surface area contributed by atoms with Crippen molar-refractivity contribution >= 4 is 22.4 Å². The Morgan fingerprint density at radius 2 is 2.00 bits per heavy atom. The van der Waals surface area contributed by atoms with E-state index in [0.29, 0.717) is 10.9 Å². The molecular formula is C15H18FN3O2S. The molecule has 22 heavy (non-hydrogen) atoms. The summed E-state index contributed by atoms with van der Waals surface area (Å²) in [5.74, 6) is -0.270. The summed E-state index contributed by atoms with van der Waals surface area (Å²) in [6.45, 7) is 5.33. The van der Waals surface area contributed by atoms with Crippen LogP contribution in [0.3, 0.4) is 0 Å². The molecule has 0 unspecified atom stereocenters. The van der Waals surface area contributed by atoms with Crippen LogP contribution in [0.25, 0.3) is 0 Å². The van der Waals surface area contributed by atoms with Gasteiger partial charge in [0.25, 0.3) is 5.91 Å². The molecule has 2 aromatic rings. The Hall–Kier alpha value is -2.02. The molecule has 7 heteroatoms. The summed E-state index contributed by atoms with van der Waals surface area (Å²) in [5, 5.41) is 12.0. The molecule has 0 radical (unpaired) electrons. The predicted molar refractivity (Wildman–Crippen MR) is 83.6 cm³/mol. The average molecular weight is 323 g/mol. The van der Waals surface area contributed by atoms with Crippen LogP contribution in [0.1, 0.15) is 32.2 Å². The molecule has 118 valence electrons. The zero-order valence-corrected chi connectivity index (χ0v) is 13.5. The fourth-order valence-electron chi connectivity index (χ4n) is 1.71. The van der Waals surface area contributed by atoms with Crippen molar-refractivity contribution in [1.29, 1.82) is 0 Å². The topological polar surface area (TPSA) is 64.1 Å². The number of halogens is 1. The second-order valence-electron chi connectivity index (χ2n) is 5.27. The first-order valence-electron chi connectivity index (χ1n) is 6.99. The SMILES string of the molecule is CCCc1nnc(NC(=O)C(C)(C)Oc2ccc(F)cc2)s1. The van der Waals surface area contributed by atoms with Crippen LogP contribution in [-0.2, 0) is 11.2 Å². The Labute approximate surface area is 132 Å².